The molecular weight excluding hydrogens is 276 g/mol. The minimum atomic E-state index is 0. The summed E-state index contributed by atoms with van der Waals surface area (Å²) in [6.07, 6.45) is 0. The van der Waals surface area contributed by atoms with Crippen LogP contribution in [-0.2, 0) is 21.7 Å². The van der Waals surface area contributed by atoms with Crippen molar-refractivity contribution in [3.05, 3.63) is 0 Å². The molecule has 4 nitrogen and oxygen atoms in total. The molecule has 36 valence electrons. The summed E-state index contributed by atoms with van der Waals surface area (Å²) in [5.74, 6) is 0. The summed E-state index contributed by atoms with van der Waals surface area (Å²) < 4.78 is 0. The molecule has 0 aliphatic carbocycles. The van der Waals surface area contributed by atoms with Crippen LogP contribution in [0.5, 0.6) is 0 Å². The largest absolute Gasteiger partial charge is 3.00 e. The van der Waals surface area contributed by atoms with E-state index >= 15 is 0 Å². The Hall–Kier alpha value is 2.66. The second-order valence-corrected chi connectivity index (χ2v) is 0. The molecule has 0 atom stereocenters. The Morgan fingerprint density at radius 2 is 0.571 bits per heavy atom. The average Bonchev–Trinajstić information content (AvgIpc) is 0. The van der Waals surface area contributed by atoms with E-state index in [1.54, 1.807) is 0 Å². The average molecular weight is 280 g/mol. The SMILES string of the molecule is [Al+3].[Ba+2].[OH-].[OH-].[OH-].[OH-].[Ti]. The number of hydrogen-bond acceptors (Lipinski definition) is 4. The Balaban J connectivity index is 0. The molecule has 7 heavy (non-hydrogen) atoms. The van der Waals surface area contributed by atoms with Crippen LogP contribution in [0.2, 0.25) is 0 Å². The van der Waals surface area contributed by atoms with Crippen LogP contribution in [0.25, 0.3) is 0 Å². The van der Waals surface area contributed by atoms with Crippen molar-refractivity contribution < 1.29 is 43.6 Å². The molecule has 0 aromatic carbocycles. The first-order valence-electron chi connectivity index (χ1n) is 0. The zero-order valence-electron chi connectivity index (χ0n) is 3.57. The summed E-state index contributed by atoms with van der Waals surface area (Å²) in [7, 11) is 0. The van der Waals surface area contributed by atoms with Crippen molar-refractivity contribution in [2.45, 2.75) is 0 Å². The standard InChI is InChI=1S/Al.Ba.4H2O.Ti/h;;4*1H2;/q+3;+2;;;;;/p-4. The van der Waals surface area contributed by atoms with Gasteiger partial charge in [-0.05, 0) is 0 Å². The first-order chi connectivity index (χ1) is 0. The second kappa shape index (κ2) is 71.9. The Labute approximate surface area is 108 Å². The Kier molecular flexibility index (Phi) is 1050. The smallest absolute Gasteiger partial charge is 0.870 e. The van der Waals surface area contributed by atoms with Crippen molar-refractivity contribution >= 4 is 66.2 Å². The molecule has 0 rings (SSSR count). The van der Waals surface area contributed by atoms with Crippen molar-refractivity contribution in [1.29, 1.82) is 0 Å². The third kappa shape index (κ3) is 54.3. The second-order valence-electron chi connectivity index (χ2n) is 0. The first kappa shape index (κ1) is 102. The Morgan fingerprint density at radius 3 is 0.571 bits per heavy atom. The molecule has 0 heterocycles. The van der Waals surface area contributed by atoms with E-state index in [-0.39, 0.29) is 110 Å². The molecule has 0 aliphatic rings. The summed E-state index contributed by atoms with van der Waals surface area (Å²) in [4.78, 5) is 0. The van der Waals surface area contributed by atoms with Gasteiger partial charge >= 0.3 is 66.2 Å². The minimum Gasteiger partial charge on any atom is -0.870 e. The predicted octanol–water partition coefficient (Wildman–Crippen LogP) is -1.47. The molecule has 0 unspecified atom stereocenters. The van der Waals surface area contributed by atoms with Crippen molar-refractivity contribution in [3.63, 3.8) is 0 Å². The van der Waals surface area contributed by atoms with E-state index in [4.69, 9.17) is 0 Å². The van der Waals surface area contributed by atoms with Crippen LogP contribution < -0.4 is 0 Å². The van der Waals surface area contributed by atoms with Gasteiger partial charge in [-0.15, -0.1) is 0 Å². The summed E-state index contributed by atoms with van der Waals surface area (Å²) >= 11 is 0. The van der Waals surface area contributed by atoms with Crippen LogP contribution in [0.15, 0.2) is 0 Å². The molecule has 0 radical (unpaired) electrons. The fourth-order valence-electron chi connectivity index (χ4n) is 0. The molecule has 0 spiro atoms. The summed E-state index contributed by atoms with van der Waals surface area (Å²) in [6, 6.07) is 0. The summed E-state index contributed by atoms with van der Waals surface area (Å²) in [6.45, 7) is 0. The van der Waals surface area contributed by atoms with Crippen LogP contribution >= 0.6 is 0 Å². The van der Waals surface area contributed by atoms with Crippen LogP contribution in [0.1, 0.15) is 0 Å². The Bertz CT molecular complexity index is 11.7. The molecule has 0 amide bonds. The molecule has 0 aliphatic heterocycles. The monoisotopic (exact) mass is 281 g/mol. The van der Waals surface area contributed by atoms with Gasteiger partial charge in [0.05, 0.1) is 0 Å². The van der Waals surface area contributed by atoms with Crippen LogP contribution in [0.3, 0.4) is 0 Å². The van der Waals surface area contributed by atoms with Gasteiger partial charge in [-0.2, -0.15) is 0 Å². The van der Waals surface area contributed by atoms with Crippen LogP contribution in [-0.4, -0.2) is 88.1 Å². The molecule has 4 N–H and O–H groups in total. The maximum absolute atomic E-state index is 0. The maximum Gasteiger partial charge on any atom is 3.00 e. The van der Waals surface area contributed by atoms with Crippen molar-refractivity contribution in [2.24, 2.45) is 0 Å². The van der Waals surface area contributed by atoms with E-state index in [9.17, 15) is 0 Å². The van der Waals surface area contributed by atoms with Gasteiger partial charge in [-0.1, -0.05) is 0 Å². The van der Waals surface area contributed by atoms with E-state index < -0.39 is 0 Å². The molecule has 0 saturated carbocycles. The van der Waals surface area contributed by atoms with E-state index in [1.807, 2.05) is 0 Å². The molecular formula is H4AlBaO4Ti+. The van der Waals surface area contributed by atoms with Crippen LogP contribution in [0, 0.1) is 0 Å². The van der Waals surface area contributed by atoms with E-state index in [0.29, 0.717) is 0 Å². The normalized spacial score (nSPS) is 0. The van der Waals surface area contributed by atoms with Crippen molar-refractivity contribution in [1.82, 2.24) is 0 Å². The summed E-state index contributed by atoms with van der Waals surface area (Å²) in [5.41, 5.74) is 0. The molecule has 0 saturated heterocycles. The van der Waals surface area contributed by atoms with Gasteiger partial charge in [0.15, 0.2) is 0 Å². The van der Waals surface area contributed by atoms with E-state index in [2.05, 4.69) is 0 Å². The van der Waals surface area contributed by atoms with Gasteiger partial charge in [-0.3, -0.25) is 0 Å². The third-order valence-electron chi connectivity index (χ3n) is 0. The third-order valence-corrected chi connectivity index (χ3v) is 0. The van der Waals surface area contributed by atoms with Gasteiger partial charge < -0.3 is 21.9 Å². The number of hydrogen-bond donors (Lipinski definition) is 0. The molecule has 0 aromatic rings. The molecule has 0 fully saturated rings. The topological polar surface area (TPSA) is 120 Å². The van der Waals surface area contributed by atoms with E-state index in [0.717, 1.165) is 0 Å². The zero-order chi connectivity index (χ0) is 0. The van der Waals surface area contributed by atoms with Crippen molar-refractivity contribution in [2.75, 3.05) is 0 Å². The van der Waals surface area contributed by atoms with Crippen LogP contribution in [0.4, 0.5) is 0 Å². The fraction of sp³-hybridized carbons (Fsp3) is 0. The van der Waals surface area contributed by atoms with Gasteiger partial charge in [-0.25, -0.2) is 0 Å². The first-order valence-corrected chi connectivity index (χ1v) is 0. The number of rotatable bonds is 0. The quantitative estimate of drug-likeness (QED) is 0.503. The minimum absolute atomic E-state index is 0. The van der Waals surface area contributed by atoms with E-state index in [1.165, 1.54) is 0 Å². The van der Waals surface area contributed by atoms with Gasteiger partial charge in [0.2, 0.25) is 0 Å². The predicted molar refractivity (Wildman–Crippen MR) is 19.3 cm³/mol. The van der Waals surface area contributed by atoms with Gasteiger partial charge in [0.25, 0.3) is 0 Å². The molecule has 0 bridgehead atoms. The summed E-state index contributed by atoms with van der Waals surface area (Å²) in [5, 5.41) is 0. The Morgan fingerprint density at radius 1 is 0.571 bits per heavy atom. The zero-order valence-corrected chi connectivity index (χ0v) is 10.7. The molecule has 0 aromatic heterocycles. The molecule has 7 heteroatoms. The van der Waals surface area contributed by atoms with Gasteiger partial charge in [0, 0.05) is 21.7 Å². The maximum atomic E-state index is 0. The fourth-order valence-corrected chi connectivity index (χ4v) is 0. The van der Waals surface area contributed by atoms with Crippen molar-refractivity contribution in [3.8, 4) is 0 Å². The van der Waals surface area contributed by atoms with Gasteiger partial charge in [0.1, 0.15) is 0 Å².